The van der Waals surface area contributed by atoms with E-state index in [1.54, 1.807) is 24.1 Å². The Balaban J connectivity index is 1.61. The Hall–Kier alpha value is -2.57. The number of aromatic nitrogens is 2. The standard InChI is InChI=1S/C18H19F2N3O2/c1-12-21-7-6-17(22-12)25-15-3-2-8-23(11-15)18(24)9-13-4-5-14(19)10-16(13)20/h4-7,10,15H,2-3,8-9,11H2,1H3/t15-/m0/s1. The second-order valence-electron chi connectivity index (χ2n) is 6.08. The molecule has 1 aromatic carbocycles. The van der Waals surface area contributed by atoms with Gasteiger partial charge in [0.2, 0.25) is 11.8 Å². The average Bonchev–Trinajstić information content (AvgIpc) is 2.57. The predicted octanol–water partition coefficient (Wildman–Crippen LogP) is 2.68. The van der Waals surface area contributed by atoms with Crippen LogP contribution in [0.5, 0.6) is 5.88 Å². The number of carbonyl (C=O) groups is 1. The van der Waals surface area contributed by atoms with E-state index in [-0.39, 0.29) is 24.0 Å². The monoisotopic (exact) mass is 347 g/mol. The van der Waals surface area contributed by atoms with Crippen LogP contribution in [0.4, 0.5) is 8.78 Å². The van der Waals surface area contributed by atoms with Crippen molar-refractivity contribution in [1.29, 1.82) is 0 Å². The fourth-order valence-corrected chi connectivity index (χ4v) is 2.87. The number of amides is 1. The molecule has 132 valence electrons. The molecular weight excluding hydrogens is 328 g/mol. The van der Waals surface area contributed by atoms with Gasteiger partial charge in [0.1, 0.15) is 23.6 Å². The third-order valence-corrected chi connectivity index (χ3v) is 4.13. The molecule has 1 atom stereocenters. The van der Waals surface area contributed by atoms with E-state index in [1.807, 2.05) is 0 Å². The number of benzene rings is 1. The summed E-state index contributed by atoms with van der Waals surface area (Å²) in [6.07, 6.45) is 2.99. The smallest absolute Gasteiger partial charge is 0.227 e. The highest BCUT2D eigenvalue weighted by Gasteiger charge is 2.25. The summed E-state index contributed by atoms with van der Waals surface area (Å²) in [5, 5.41) is 0. The number of ether oxygens (including phenoxy) is 1. The normalized spacial score (nSPS) is 17.4. The molecule has 2 aromatic rings. The number of nitrogens with zero attached hydrogens (tertiary/aromatic N) is 3. The van der Waals surface area contributed by atoms with Crippen molar-refractivity contribution < 1.29 is 18.3 Å². The van der Waals surface area contributed by atoms with Crippen molar-refractivity contribution >= 4 is 5.91 Å². The summed E-state index contributed by atoms with van der Waals surface area (Å²) in [5.74, 6) is -0.447. The van der Waals surface area contributed by atoms with Crippen LogP contribution in [-0.2, 0) is 11.2 Å². The Morgan fingerprint density at radius 2 is 2.20 bits per heavy atom. The summed E-state index contributed by atoms with van der Waals surface area (Å²) in [5.41, 5.74) is 0.195. The van der Waals surface area contributed by atoms with Gasteiger partial charge in [0.15, 0.2) is 0 Å². The van der Waals surface area contributed by atoms with E-state index < -0.39 is 11.6 Å². The maximum absolute atomic E-state index is 13.7. The Morgan fingerprint density at radius 3 is 2.96 bits per heavy atom. The number of hydrogen-bond donors (Lipinski definition) is 0. The number of piperidine rings is 1. The van der Waals surface area contributed by atoms with Gasteiger partial charge in [0, 0.05) is 24.9 Å². The largest absolute Gasteiger partial charge is 0.472 e. The lowest BCUT2D eigenvalue weighted by Crippen LogP contribution is -2.45. The number of halogens is 2. The third kappa shape index (κ3) is 4.49. The van der Waals surface area contributed by atoms with Crippen LogP contribution in [0, 0.1) is 18.6 Å². The Bertz CT molecular complexity index is 770. The fourth-order valence-electron chi connectivity index (χ4n) is 2.87. The van der Waals surface area contributed by atoms with E-state index in [0.29, 0.717) is 24.8 Å². The molecule has 0 aliphatic carbocycles. The minimum Gasteiger partial charge on any atom is -0.472 e. The molecule has 1 fully saturated rings. The summed E-state index contributed by atoms with van der Waals surface area (Å²) in [6.45, 7) is 2.80. The number of aryl methyl sites for hydroxylation is 1. The maximum Gasteiger partial charge on any atom is 0.227 e. The second-order valence-corrected chi connectivity index (χ2v) is 6.08. The van der Waals surface area contributed by atoms with Crippen molar-refractivity contribution in [3.05, 3.63) is 53.5 Å². The van der Waals surface area contributed by atoms with Gasteiger partial charge >= 0.3 is 0 Å². The van der Waals surface area contributed by atoms with Crippen molar-refractivity contribution in [1.82, 2.24) is 14.9 Å². The van der Waals surface area contributed by atoms with Crippen molar-refractivity contribution in [3.8, 4) is 5.88 Å². The van der Waals surface area contributed by atoms with Gasteiger partial charge in [-0.25, -0.2) is 13.8 Å². The molecule has 0 saturated carbocycles. The lowest BCUT2D eigenvalue weighted by atomic mass is 10.1. The number of hydrogen-bond acceptors (Lipinski definition) is 4. The zero-order chi connectivity index (χ0) is 17.8. The highest BCUT2D eigenvalue weighted by Crippen LogP contribution is 2.18. The molecule has 0 N–H and O–H groups in total. The minimum atomic E-state index is -0.699. The van der Waals surface area contributed by atoms with E-state index in [1.165, 1.54) is 6.07 Å². The summed E-state index contributed by atoms with van der Waals surface area (Å²) < 4.78 is 32.5. The highest BCUT2D eigenvalue weighted by atomic mass is 19.1. The van der Waals surface area contributed by atoms with Gasteiger partial charge < -0.3 is 9.64 Å². The number of rotatable bonds is 4. The molecule has 1 saturated heterocycles. The van der Waals surface area contributed by atoms with E-state index in [2.05, 4.69) is 9.97 Å². The van der Waals surface area contributed by atoms with Gasteiger partial charge in [-0.05, 0) is 31.4 Å². The first-order chi connectivity index (χ1) is 12.0. The topological polar surface area (TPSA) is 55.3 Å². The summed E-state index contributed by atoms with van der Waals surface area (Å²) in [4.78, 5) is 22.3. The molecule has 5 nitrogen and oxygen atoms in total. The molecule has 2 heterocycles. The van der Waals surface area contributed by atoms with Gasteiger partial charge in [-0.1, -0.05) is 6.07 Å². The zero-order valence-electron chi connectivity index (χ0n) is 13.9. The first-order valence-corrected chi connectivity index (χ1v) is 8.19. The number of carbonyl (C=O) groups excluding carboxylic acids is 1. The van der Waals surface area contributed by atoms with Crippen LogP contribution in [0.3, 0.4) is 0 Å². The van der Waals surface area contributed by atoms with Crippen LogP contribution in [-0.4, -0.2) is 40.0 Å². The van der Waals surface area contributed by atoms with E-state index in [4.69, 9.17) is 4.74 Å². The first kappa shape index (κ1) is 17.3. The van der Waals surface area contributed by atoms with E-state index >= 15 is 0 Å². The van der Waals surface area contributed by atoms with Gasteiger partial charge in [0.25, 0.3) is 0 Å². The fraction of sp³-hybridized carbons (Fsp3) is 0.389. The molecule has 0 unspecified atom stereocenters. The Labute approximate surface area is 144 Å². The second kappa shape index (κ2) is 7.55. The molecule has 7 heteroatoms. The van der Waals surface area contributed by atoms with E-state index in [0.717, 1.165) is 25.0 Å². The molecule has 25 heavy (non-hydrogen) atoms. The van der Waals surface area contributed by atoms with Crippen LogP contribution in [0.15, 0.2) is 30.5 Å². The lowest BCUT2D eigenvalue weighted by molar-refractivity contribution is -0.133. The molecule has 3 rings (SSSR count). The lowest BCUT2D eigenvalue weighted by Gasteiger charge is -2.32. The maximum atomic E-state index is 13.7. The average molecular weight is 347 g/mol. The van der Waals surface area contributed by atoms with Crippen molar-refractivity contribution in [3.63, 3.8) is 0 Å². The van der Waals surface area contributed by atoms with Crippen LogP contribution in [0.1, 0.15) is 24.2 Å². The van der Waals surface area contributed by atoms with Gasteiger partial charge in [-0.2, -0.15) is 4.98 Å². The van der Waals surface area contributed by atoms with Crippen LogP contribution >= 0.6 is 0 Å². The highest BCUT2D eigenvalue weighted by molar-refractivity contribution is 5.79. The predicted molar refractivity (Wildman–Crippen MR) is 87.1 cm³/mol. The molecule has 1 aromatic heterocycles. The van der Waals surface area contributed by atoms with Crippen LogP contribution < -0.4 is 4.74 Å². The third-order valence-electron chi connectivity index (χ3n) is 4.13. The molecule has 0 bridgehead atoms. The molecule has 0 spiro atoms. The molecule has 1 amide bonds. The van der Waals surface area contributed by atoms with Gasteiger partial charge in [-0.3, -0.25) is 4.79 Å². The van der Waals surface area contributed by atoms with Crippen molar-refractivity contribution in [2.45, 2.75) is 32.3 Å². The van der Waals surface area contributed by atoms with Crippen molar-refractivity contribution in [2.75, 3.05) is 13.1 Å². The quantitative estimate of drug-likeness (QED) is 0.853. The molecule has 1 aliphatic rings. The molecular formula is C18H19F2N3O2. The Morgan fingerprint density at radius 1 is 1.36 bits per heavy atom. The zero-order valence-corrected chi connectivity index (χ0v) is 13.9. The first-order valence-electron chi connectivity index (χ1n) is 8.19. The molecule has 1 aliphatic heterocycles. The minimum absolute atomic E-state index is 0.0918. The van der Waals surface area contributed by atoms with Crippen LogP contribution in [0.25, 0.3) is 0 Å². The van der Waals surface area contributed by atoms with Crippen molar-refractivity contribution in [2.24, 2.45) is 0 Å². The Kier molecular flexibility index (Phi) is 5.21. The summed E-state index contributed by atoms with van der Waals surface area (Å²) in [7, 11) is 0. The summed E-state index contributed by atoms with van der Waals surface area (Å²) in [6, 6.07) is 4.94. The van der Waals surface area contributed by atoms with Crippen LogP contribution in [0.2, 0.25) is 0 Å². The van der Waals surface area contributed by atoms with Gasteiger partial charge in [0.05, 0.1) is 13.0 Å². The van der Waals surface area contributed by atoms with Gasteiger partial charge in [-0.15, -0.1) is 0 Å². The summed E-state index contributed by atoms with van der Waals surface area (Å²) >= 11 is 0. The molecule has 0 radical (unpaired) electrons. The SMILES string of the molecule is Cc1nccc(O[C@H]2CCCN(C(=O)Cc3ccc(F)cc3F)C2)n1. The number of likely N-dealkylation sites (tertiary alicyclic amines) is 1. The van der Waals surface area contributed by atoms with E-state index in [9.17, 15) is 13.6 Å².